The van der Waals surface area contributed by atoms with Crippen molar-refractivity contribution >= 4 is 27.2 Å². The van der Waals surface area contributed by atoms with Gasteiger partial charge >= 0.3 is 10.0 Å². The predicted octanol–water partition coefficient (Wildman–Crippen LogP) is 2.68. The van der Waals surface area contributed by atoms with Crippen molar-refractivity contribution in [2.24, 2.45) is 0 Å². The number of fused-ring (bicyclic) bond motifs is 2. The molecule has 6 nitrogen and oxygen atoms in total. The number of aromatic nitrogens is 1. The largest absolute Gasteiger partial charge is 0.398 e. The quantitative estimate of drug-likeness (QED) is 0.788. The highest BCUT2D eigenvalue weighted by Crippen LogP contribution is 2.55. The van der Waals surface area contributed by atoms with E-state index in [1.54, 1.807) is 18.3 Å². The lowest BCUT2D eigenvalue weighted by atomic mass is 9.75. The summed E-state index contributed by atoms with van der Waals surface area (Å²) < 4.78 is 27.2. The van der Waals surface area contributed by atoms with Crippen LogP contribution >= 0.6 is 0 Å². The summed E-state index contributed by atoms with van der Waals surface area (Å²) in [4.78, 5) is 4.52. The summed E-state index contributed by atoms with van der Waals surface area (Å²) in [5, 5.41) is 3.41. The molecule has 1 spiro atoms. The van der Waals surface area contributed by atoms with Crippen molar-refractivity contribution in [3.8, 4) is 0 Å². The fourth-order valence-electron chi connectivity index (χ4n) is 4.81. The second-order valence-corrected chi connectivity index (χ2v) is 9.87. The Morgan fingerprint density at radius 1 is 1.22 bits per heavy atom. The monoisotopic (exact) mass is 387 g/mol. The van der Waals surface area contributed by atoms with E-state index in [0.29, 0.717) is 24.5 Å². The van der Waals surface area contributed by atoms with Crippen LogP contribution in [0, 0.1) is 0 Å². The average Bonchev–Trinajstić information content (AvgIpc) is 2.95. The predicted molar refractivity (Wildman–Crippen MR) is 109 cm³/mol. The van der Waals surface area contributed by atoms with Gasteiger partial charge in [-0.25, -0.2) is 4.98 Å². The summed E-state index contributed by atoms with van der Waals surface area (Å²) in [6.07, 6.45) is 4.03. The van der Waals surface area contributed by atoms with E-state index in [-0.39, 0.29) is 15.1 Å². The summed E-state index contributed by atoms with van der Waals surface area (Å²) in [7, 11) is -3.53. The topological polar surface area (TPSA) is 85.1 Å². The molecule has 0 radical (unpaired) electrons. The van der Waals surface area contributed by atoms with Crippen LogP contribution in [0.25, 0.3) is 0 Å². The Balaban J connectivity index is 2.03. The average molecular weight is 388 g/mol. The minimum atomic E-state index is -3.53. The molecule has 27 heavy (non-hydrogen) atoms. The minimum Gasteiger partial charge on any atom is -0.398 e. The first kappa shape index (κ1) is 18.4. The Labute approximate surface area is 161 Å². The van der Waals surface area contributed by atoms with Crippen molar-refractivity contribution in [3.05, 3.63) is 48.2 Å². The molecule has 2 aliphatic rings. The van der Waals surface area contributed by atoms with E-state index in [4.69, 9.17) is 5.73 Å². The van der Waals surface area contributed by atoms with Gasteiger partial charge in [-0.2, -0.15) is 8.42 Å². The van der Waals surface area contributed by atoms with Crippen molar-refractivity contribution in [1.82, 2.24) is 14.2 Å². The fourth-order valence-corrected chi connectivity index (χ4v) is 6.92. The number of sulfonamides is 1. The number of benzene rings is 1. The van der Waals surface area contributed by atoms with Crippen LogP contribution in [-0.2, 0) is 15.4 Å². The van der Waals surface area contributed by atoms with E-state index in [1.807, 2.05) is 25.1 Å². The molecule has 3 N–H and O–H groups in total. The molecule has 2 aromatic rings. The number of para-hydroxylation sites is 1. The molecule has 1 aromatic carbocycles. The molecule has 144 valence electrons. The molecule has 1 atom stereocenters. The molecule has 3 heterocycles. The Hall–Kier alpha value is -1.96. The first-order chi connectivity index (χ1) is 13.0. The van der Waals surface area contributed by atoms with Crippen LogP contribution in [0.4, 0.5) is 17.2 Å². The lowest BCUT2D eigenvalue weighted by Gasteiger charge is -2.36. The number of hydrogen-bond acceptors (Lipinski definition) is 5. The second kappa shape index (κ2) is 6.58. The number of nitrogens with two attached hydrogens (primary N) is 1. The van der Waals surface area contributed by atoms with Crippen LogP contribution in [0.1, 0.15) is 31.7 Å². The number of nitrogens with zero attached hydrogens (tertiary/aromatic N) is 2. The Morgan fingerprint density at radius 3 is 2.67 bits per heavy atom. The minimum absolute atomic E-state index is 0.117. The molecular weight excluding hydrogens is 360 g/mol. The molecule has 1 unspecified atom stereocenters. The van der Waals surface area contributed by atoms with E-state index in [2.05, 4.69) is 16.4 Å². The molecule has 1 aromatic heterocycles. The smallest absolute Gasteiger partial charge is 0.307 e. The molecule has 0 saturated carbocycles. The van der Waals surface area contributed by atoms with Crippen LogP contribution in [0.5, 0.6) is 0 Å². The number of pyridine rings is 1. The van der Waals surface area contributed by atoms with Crippen molar-refractivity contribution in [1.29, 1.82) is 0 Å². The van der Waals surface area contributed by atoms with E-state index in [0.717, 1.165) is 37.2 Å². The third-order valence-corrected chi connectivity index (χ3v) is 8.41. The van der Waals surface area contributed by atoms with Gasteiger partial charge in [0.15, 0.2) is 5.69 Å². The summed E-state index contributed by atoms with van der Waals surface area (Å²) in [5.41, 5.74) is 8.40. The maximum Gasteiger partial charge on any atom is 0.307 e. The van der Waals surface area contributed by atoms with Crippen molar-refractivity contribution < 1.29 is 8.42 Å². The number of nitrogen functional groups attached to an aromatic ring is 1. The van der Waals surface area contributed by atoms with Crippen LogP contribution in [-0.4, -0.2) is 38.8 Å². The van der Waals surface area contributed by atoms with Gasteiger partial charge in [-0.05, 0) is 38.4 Å². The number of anilines is 1. The SMILES string of the molecule is CCCS(=O)(=O)[N+]1(c2cc(N)ccn2)CC2(CCNCC2)c2ccccc21. The Bertz CT molecular complexity index is 954. The Kier molecular flexibility index (Phi) is 4.49. The molecule has 7 heteroatoms. The Morgan fingerprint density at radius 2 is 1.96 bits per heavy atom. The second-order valence-electron chi connectivity index (χ2n) is 7.68. The highest BCUT2D eigenvalue weighted by atomic mass is 32.2. The van der Waals surface area contributed by atoms with Crippen molar-refractivity contribution in [2.45, 2.75) is 31.6 Å². The summed E-state index contributed by atoms with van der Waals surface area (Å²) in [6, 6.07) is 11.4. The highest BCUT2D eigenvalue weighted by Gasteiger charge is 2.61. The molecule has 2 aliphatic heterocycles. The van der Waals surface area contributed by atoms with E-state index < -0.39 is 10.0 Å². The zero-order chi connectivity index (χ0) is 19.1. The molecule has 0 bridgehead atoms. The van der Waals surface area contributed by atoms with E-state index >= 15 is 0 Å². The van der Waals surface area contributed by atoms with Gasteiger partial charge in [0, 0.05) is 29.6 Å². The molecular formula is C20H27N4O2S+. The standard InChI is InChI=1S/C20H27N4O2S/c1-2-13-27(25,26)24(19-14-16(21)7-10-23-19)15-20(8-11-22-12-9-20)17-5-3-4-6-18(17)24/h3-7,10,14,22H,2,8-9,11-13,15H2,1H3,(H2,21,23)/q+1. The first-order valence-corrected chi connectivity index (χ1v) is 11.2. The zero-order valence-corrected chi connectivity index (χ0v) is 16.5. The number of quaternary nitrogens is 1. The van der Waals surface area contributed by atoms with Gasteiger partial charge in [0.1, 0.15) is 12.3 Å². The lowest BCUT2D eigenvalue weighted by molar-refractivity contribution is 0.295. The summed E-state index contributed by atoms with van der Waals surface area (Å²) >= 11 is 0. The molecule has 1 saturated heterocycles. The van der Waals surface area contributed by atoms with Crippen LogP contribution < -0.4 is 14.9 Å². The molecule has 0 aliphatic carbocycles. The number of hydrogen-bond donors (Lipinski definition) is 2. The summed E-state index contributed by atoms with van der Waals surface area (Å²) in [6.45, 7) is 4.19. The van der Waals surface area contributed by atoms with Crippen LogP contribution in [0.15, 0.2) is 42.6 Å². The van der Waals surface area contributed by atoms with Crippen molar-refractivity contribution in [3.63, 3.8) is 0 Å². The number of piperidine rings is 1. The molecule has 1 fully saturated rings. The van der Waals surface area contributed by atoms with Gasteiger partial charge in [-0.15, -0.1) is 3.89 Å². The van der Waals surface area contributed by atoms with Gasteiger partial charge in [-0.1, -0.05) is 25.1 Å². The van der Waals surface area contributed by atoms with Gasteiger partial charge < -0.3 is 11.1 Å². The van der Waals surface area contributed by atoms with Crippen LogP contribution in [0.3, 0.4) is 0 Å². The van der Waals surface area contributed by atoms with Crippen molar-refractivity contribution in [2.75, 3.05) is 31.1 Å². The zero-order valence-electron chi connectivity index (χ0n) is 15.7. The lowest BCUT2D eigenvalue weighted by Crippen LogP contribution is -2.54. The maximum absolute atomic E-state index is 13.7. The normalized spacial score (nSPS) is 24.0. The van der Waals surface area contributed by atoms with Gasteiger partial charge in [-0.3, -0.25) is 0 Å². The van der Waals surface area contributed by atoms with E-state index in [1.165, 1.54) is 0 Å². The van der Waals surface area contributed by atoms with E-state index in [9.17, 15) is 8.42 Å². The van der Waals surface area contributed by atoms with Gasteiger partial charge in [0.2, 0.25) is 5.82 Å². The van der Waals surface area contributed by atoms with Crippen LogP contribution in [0.2, 0.25) is 0 Å². The van der Waals surface area contributed by atoms with Gasteiger partial charge in [0.25, 0.3) is 0 Å². The molecule has 0 amide bonds. The van der Waals surface area contributed by atoms with Gasteiger partial charge in [0.05, 0.1) is 5.41 Å². The highest BCUT2D eigenvalue weighted by molar-refractivity contribution is 7.91. The fraction of sp³-hybridized carbons (Fsp3) is 0.450. The maximum atomic E-state index is 13.7. The third-order valence-electron chi connectivity index (χ3n) is 6.03. The molecule has 4 rings (SSSR count). The third kappa shape index (κ3) is 2.68. The summed E-state index contributed by atoms with van der Waals surface area (Å²) in [5.74, 6) is 0.623. The number of nitrogens with one attached hydrogen (secondary N) is 1. The number of rotatable bonds is 4. The first-order valence-electron chi connectivity index (χ1n) is 9.59.